The second-order valence-corrected chi connectivity index (χ2v) is 8.70. The third-order valence-electron chi connectivity index (χ3n) is 5.81. The normalized spacial score (nSPS) is 21.6. The van der Waals surface area contributed by atoms with Crippen molar-refractivity contribution in [1.29, 1.82) is 0 Å². The summed E-state index contributed by atoms with van der Waals surface area (Å²) in [6.07, 6.45) is 5.22. The second-order valence-electron chi connectivity index (χ2n) is 8.70. The molecule has 0 N–H and O–H groups in total. The van der Waals surface area contributed by atoms with Gasteiger partial charge in [-0.25, -0.2) is 4.98 Å². The first-order valence-electron chi connectivity index (χ1n) is 10.7. The molecule has 1 amide bonds. The number of aromatic nitrogens is 1. The molecule has 0 saturated carbocycles. The SMILES string of the molecule is CC(C)CC(=O)C1CCCN(C(=O)c2ccc(N3CCCN(C)CC3)nc2)C1. The van der Waals surface area contributed by atoms with E-state index in [1.54, 1.807) is 6.20 Å². The number of rotatable bonds is 5. The lowest BCUT2D eigenvalue weighted by atomic mass is 9.89. The molecule has 0 aliphatic carbocycles. The Kier molecular flexibility index (Phi) is 7.05. The summed E-state index contributed by atoms with van der Waals surface area (Å²) in [6.45, 7) is 9.51. The predicted molar refractivity (Wildman–Crippen MR) is 112 cm³/mol. The summed E-state index contributed by atoms with van der Waals surface area (Å²) in [6, 6.07) is 3.85. The number of pyridine rings is 1. The smallest absolute Gasteiger partial charge is 0.255 e. The molecule has 2 aliphatic heterocycles. The van der Waals surface area contributed by atoms with Gasteiger partial charge in [-0.2, -0.15) is 0 Å². The maximum atomic E-state index is 12.9. The molecule has 3 rings (SSSR count). The highest BCUT2D eigenvalue weighted by Crippen LogP contribution is 2.22. The molecule has 1 unspecified atom stereocenters. The fourth-order valence-electron chi connectivity index (χ4n) is 4.15. The number of amides is 1. The minimum Gasteiger partial charge on any atom is -0.355 e. The molecule has 6 nitrogen and oxygen atoms in total. The van der Waals surface area contributed by atoms with Gasteiger partial charge in [-0.3, -0.25) is 9.59 Å². The van der Waals surface area contributed by atoms with Crippen molar-refractivity contribution in [2.24, 2.45) is 11.8 Å². The van der Waals surface area contributed by atoms with Gasteiger partial charge in [-0.1, -0.05) is 13.8 Å². The Labute approximate surface area is 168 Å². The first-order valence-corrected chi connectivity index (χ1v) is 10.7. The summed E-state index contributed by atoms with van der Waals surface area (Å²) in [7, 11) is 2.15. The molecule has 2 fully saturated rings. The monoisotopic (exact) mass is 386 g/mol. The van der Waals surface area contributed by atoms with Crippen molar-refractivity contribution >= 4 is 17.5 Å². The summed E-state index contributed by atoms with van der Waals surface area (Å²) in [4.78, 5) is 36.4. The van der Waals surface area contributed by atoms with Gasteiger partial charge >= 0.3 is 0 Å². The maximum Gasteiger partial charge on any atom is 0.255 e. The molecule has 0 bridgehead atoms. The number of hydrogen-bond acceptors (Lipinski definition) is 5. The summed E-state index contributed by atoms with van der Waals surface area (Å²) in [5.41, 5.74) is 0.618. The van der Waals surface area contributed by atoms with Crippen LogP contribution in [0.25, 0.3) is 0 Å². The van der Waals surface area contributed by atoms with E-state index in [4.69, 9.17) is 0 Å². The van der Waals surface area contributed by atoms with Crippen molar-refractivity contribution in [3.05, 3.63) is 23.9 Å². The summed E-state index contributed by atoms with van der Waals surface area (Å²) in [5.74, 6) is 1.59. The highest BCUT2D eigenvalue weighted by Gasteiger charge is 2.29. The van der Waals surface area contributed by atoms with Crippen molar-refractivity contribution in [2.45, 2.75) is 39.5 Å². The van der Waals surface area contributed by atoms with Gasteiger partial charge in [0, 0.05) is 51.3 Å². The van der Waals surface area contributed by atoms with Crippen LogP contribution in [0.5, 0.6) is 0 Å². The molecule has 154 valence electrons. The third-order valence-corrected chi connectivity index (χ3v) is 5.81. The molecule has 2 aliphatic rings. The second kappa shape index (κ2) is 9.50. The Hall–Kier alpha value is -1.95. The number of likely N-dealkylation sites (N-methyl/N-ethyl adjacent to an activating group) is 1. The van der Waals surface area contributed by atoms with E-state index in [0.29, 0.717) is 30.2 Å². The zero-order valence-corrected chi connectivity index (χ0v) is 17.6. The maximum absolute atomic E-state index is 12.9. The Balaban J connectivity index is 1.61. The van der Waals surface area contributed by atoms with Crippen molar-refractivity contribution < 1.29 is 9.59 Å². The molecule has 2 saturated heterocycles. The molecule has 0 radical (unpaired) electrons. The van der Waals surface area contributed by atoms with Crippen molar-refractivity contribution in [3.63, 3.8) is 0 Å². The molecule has 3 heterocycles. The van der Waals surface area contributed by atoms with E-state index in [0.717, 1.165) is 57.8 Å². The molecular formula is C22H34N4O2. The molecule has 1 atom stereocenters. The first kappa shape index (κ1) is 20.8. The van der Waals surface area contributed by atoms with Crippen LogP contribution >= 0.6 is 0 Å². The molecule has 0 spiro atoms. The minimum absolute atomic E-state index is 0.00306. The highest BCUT2D eigenvalue weighted by atomic mass is 16.2. The molecule has 1 aromatic rings. The number of nitrogens with zero attached hydrogens (tertiary/aromatic N) is 4. The quantitative estimate of drug-likeness (QED) is 0.779. The summed E-state index contributed by atoms with van der Waals surface area (Å²) >= 11 is 0. The zero-order chi connectivity index (χ0) is 20.1. The number of piperidine rings is 1. The van der Waals surface area contributed by atoms with Gasteiger partial charge in [0.25, 0.3) is 5.91 Å². The lowest BCUT2D eigenvalue weighted by molar-refractivity contribution is -0.124. The molecule has 6 heteroatoms. The number of likely N-dealkylation sites (tertiary alicyclic amines) is 1. The summed E-state index contributed by atoms with van der Waals surface area (Å²) < 4.78 is 0. The fourth-order valence-corrected chi connectivity index (χ4v) is 4.15. The number of ketones is 1. The van der Waals surface area contributed by atoms with Crippen molar-refractivity contribution in [1.82, 2.24) is 14.8 Å². The predicted octanol–water partition coefficient (Wildman–Crippen LogP) is 2.69. The average Bonchev–Trinajstić information content (AvgIpc) is 2.91. The van der Waals surface area contributed by atoms with Crippen LogP contribution in [0.3, 0.4) is 0 Å². The number of anilines is 1. The van der Waals surface area contributed by atoms with Crippen LogP contribution in [0, 0.1) is 11.8 Å². The Morgan fingerprint density at radius 3 is 2.64 bits per heavy atom. The standard InChI is InChI=1S/C22H34N4O2/c1-17(2)14-20(27)19-6-4-10-26(16-19)22(28)18-7-8-21(23-15-18)25-11-5-9-24(3)12-13-25/h7-8,15,17,19H,4-6,9-14,16H2,1-3H3. The summed E-state index contributed by atoms with van der Waals surface area (Å²) in [5, 5.41) is 0. The van der Waals surface area contributed by atoms with E-state index >= 15 is 0 Å². The third kappa shape index (κ3) is 5.31. The van der Waals surface area contributed by atoms with Crippen LogP contribution in [0.4, 0.5) is 5.82 Å². The van der Waals surface area contributed by atoms with Gasteiger partial charge in [0.2, 0.25) is 0 Å². The Morgan fingerprint density at radius 2 is 1.93 bits per heavy atom. The number of Topliss-reactive ketones (excluding diaryl/α,β-unsaturated/α-hetero) is 1. The van der Waals surface area contributed by atoms with Crippen molar-refractivity contribution in [2.75, 3.05) is 51.2 Å². The van der Waals surface area contributed by atoms with Crippen LogP contribution < -0.4 is 4.90 Å². The average molecular weight is 387 g/mol. The molecule has 0 aromatic carbocycles. The van der Waals surface area contributed by atoms with Crippen LogP contribution in [0.15, 0.2) is 18.3 Å². The first-order chi connectivity index (χ1) is 13.4. The van der Waals surface area contributed by atoms with Crippen LogP contribution in [0.2, 0.25) is 0 Å². The Morgan fingerprint density at radius 1 is 1.11 bits per heavy atom. The van der Waals surface area contributed by atoms with E-state index < -0.39 is 0 Å². The zero-order valence-electron chi connectivity index (χ0n) is 17.6. The number of carbonyl (C=O) groups is 2. The van der Waals surface area contributed by atoms with Gasteiger partial charge in [0.05, 0.1) is 5.56 Å². The van der Waals surface area contributed by atoms with Crippen LogP contribution in [-0.4, -0.2) is 72.8 Å². The molecule has 1 aromatic heterocycles. The van der Waals surface area contributed by atoms with Gasteiger partial charge in [0.15, 0.2) is 0 Å². The van der Waals surface area contributed by atoms with E-state index in [-0.39, 0.29) is 11.8 Å². The van der Waals surface area contributed by atoms with E-state index in [2.05, 4.69) is 35.7 Å². The molecular weight excluding hydrogens is 352 g/mol. The van der Waals surface area contributed by atoms with E-state index in [9.17, 15) is 9.59 Å². The number of carbonyl (C=O) groups excluding carboxylic acids is 2. The minimum atomic E-state index is -0.0126. The van der Waals surface area contributed by atoms with E-state index in [1.807, 2.05) is 17.0 Å². The largest absolute Gasteiger partial charge is 0.355 e. The molecule has 28 heavy (non-hydrogen) atoms. The van der Waals surface area contributed by atoms with Gasteiger partial charge in [-0.05, 0) is 50.9 Å². The topological polar surface area (TPSA) is 56.8 Å². The number of hydrogen-bond donors (Lipinski definition) is 0. The lowest BCUT2D eigenvalue weighted by Crippen LogP contribution is -2.42. The lowest BCUT2D eigenvalue weighted by Gasteiger charge is -2.32. The van der Waals surface area contributed by atoms with Crippen molar-refractivity contribution in [3.8, 4) is 0 Å². The van der Waals surface area contributed by atoms with E-state index in [1.165, 1.54) is 0 Å². The van der Waals surface area contributed by atoms with Gasteiger partial charge in [-0.15, -0.1) is 0 Å². The van der Waals surface area contributed by atoms with Gasteiger partial charge in [0.1, 0.15) is 11.6 Å². The highest BCUT2D eigenvalue weighted by molar-refractivity contribution is 5.94. The van der Waals surface area contributed by atoms with Crippen LogP contribution in [-0.2, 0) is 4.79 Å². The van der Waals surface area contributed by atoms with Gasteiger partial charge < -0.3 is 14.7 Å². The Bertz CT molecular complexity index is 674. The fraction of sp³-hybridized carbons (Fsp3) is 0.682. The van der Waals surface area contributed by atoms with Crippen LogP contribution in [0.1, 0.15) is 49.9 Å².